The molecule has 1 aromatic rings. The van der Waals surface area contributed by atoms with Crippen molar-refractivity contribution < 1.29 is 22.6 Å². The van der Waals surface area contributed by atoms with Crippen LogP contribution in [0.25, 0.3) is 0 Å². The molecule has 0 aromatic carbocycles. The molecule has 1 spiro atoms. The summed E-state index contributed by atoms with van der Waals surface area (Å²) < 4.78 is 49.8. The maximum Gasteiger partial charge on any atom is 0.422 e. The summed E-state index contributed by atoms with van der Waals surface area (Å²) in [5.41, 5.74) is 1.35. The molecule has 142 valence electrons. The van der Waals surface area contributed by atoms with Crippen LogP contribution in [-0.4, -0.2) is 52.3 Å². The van der Waals surface area contributed by atoms with Crippen LogP contribution in [0.4, 0.5) is 13.2 Å². The van der Waals surface area contributed by atoms with E-state index in [4.69, 9.17) is 9.47 Å². The number of nitrogens with one attached hydrogen (secondary N) is 1. The van der Waals surface area contributed by atoms with Crippen LogP contribution >= 0.6 is 11.8 Å². The molecule has 0 bridgehead atoms. The highest BCUT2D eigenvalue weighted by Crippen LogP contribution is 2.38. The van der Waals surface area contributed by atoms with Crippen molar-refractivity contribution in [2.75, 3.05) is 24.7 Å². The van der Waals surface area contributed by atoms with Gasteiger partial charge in [-0.2, -0.15) is 30.0 Å². The van der Waals surface area contributed by atoms with Crippen LogP contribution in [0, 0.1) is 6.92 Å². The van der Waals surface area contributed by atoms with E-state index in [2.05, 4.69) is 10.4 Å². The summed E-state index contributed by atoms with van der Waals surface area (Å²) in [7, 11) is 1.60. The van der Waals surface area contributed by atoms with Gasteiger partial charge in [-0.05, 0) is 31.9 Å². The molecule has 0 aliphatic carbocycles. The number of alkyl halides is 3. The summed E-state index contributed by atoms with van der Waals surface area (Å²) in [5.74, 6) is 2.33. The largest absolute Gasteiger partial charge is 0.468 e. The molecule has 2 aliphatic heterocycles. The van der Waals surface area contributed by atoms with Crippen molar-refractivity contribution >= 4 is 11.8 Å². The van der Waals surface area contributed by atoms with Gasteiger partial charge in [0.25, 0.3) is 0 Å². The van der Waals surface area contributed by atoms with Crippen LogP contribution in [0.3, 0.4) is 0 Å². The van der Waals surface area contributed by atoms with Crippen LogP contribution in [0.1, 0.15) is 30.5 Å². The number of nitrogens with zero attached hydrogens (tertiary/aromatic N) is 2. The molecular formula is C16H24F3N3O2S. The highest BCUT2D eigenvalue weighted by atomic mass is 32.2. The molecule has 25 heavy (non-hydrogen) atoms. The molecule has 2 fully saturated rings. The van der Waals surface area contributed by atoms with Crippen molar-refractivity contribution in [1.82, 2.24) is 15.1 Å². The van der Waals surface area contributed by atoms with Gasteiger partial charge in [0.15, 0.2) is 6.61 Å². The molecule has 1 N–H and O–H groups in total. The van der Waals surface area contributed by atoms with Crippen LogP contribution in [0.2, 0.25) is 0 Å². The summed E-state index contributed by atoms with van der Waals surface area (Å²) in [6, 6.07) is 0.294. The third kappa shape index (κ3) is 4.62. The molecule has 0 saturated carbocycles. The molecular weight excluding hydrogens is 355 g/mol. The summed E-state index contributed by atoms with van der Waals surface area (Å²) in [6.07, 6.45) is -1.44. The first-order valence-electron chi connectivity index (χ1n) is 8.45. The molecule has 2 saturated heterocycles. The monoisotopic (exact) mass is 379 g/mol. The van der Waals surface area contributed by atoms with Gasteiger partial charge in [-0.15, -0.1) is 0 Å². The summed E-state index contributed by atoms with van der Waals surface area (Å²) in [4.78, 5) is 0. The second-order valence-electron chi connectivity index (χ2n) is 6.80. The van der Waals surface area contributed by atoms with E-state index in [1.54, 1.807) is 14.0 Å². The lowest BCUT2D eigenvalue weighted by Crippen LogP contribution is -2.47. The normalized spacial score (nSPS) is 27.2. The molecule has 2 atom stereocenters. The van der Waals surface area contributed by atoms with E-state index in [9.17, 15) is 13.2 Å². The second-order valence-corrected chi connectivity index (χ2v) is 7.91. The van der Waals surface area contributed by atoms with E-state index in [1.807, 2.05) is 11.8 Å². The minimum Gasteiger partial charge on any atom is -0.468 e. The fourth-order valence-electron chi connectivity index (χ4n) is 3.53. The first-order chi connectivity index (χ1) is 11.8. The van der Waals surface area contributed by atoms with E-state index in [0.717, 1.165) is 37.4 Å². The van der Waals surface area contributed by atoms with Crippen molar-refractivity contribution in [1.29, 1.82) is 0 Å². The van der Waals surface area contributed by atoms with Crippen molar-refractivity contribution in [2.24, 2.45) is 7.05 Å². The van der Waals surface area contributed by atoms with Gasteiger partial charge < -0.3 is 14.8 Å². The molecule has 9 heteroatoms. The minimum absolute atomic E-state index is 0.0276. The summed E-state index contributed by atoms with van der Waals surface area (Å²) in [5, 5.41) is 7.68. The van der Waals surface area contributed by atoms with Crippen molar-refractivity contribution in [3.63, 3.8) is 0 Å². The van der Waals surface area contributed by atoms with E-state index < -0.39 is 12.8 Å². The lowest BCUT2D eigenvalue weighted by Gasteiger charge is -2.38. The molecule has 0 radical (unpaired) electrons. The number of thioether (sulfide) groups is 1. The zero-order chi connectivity index (χ0) is 18.1. The van der Waals surface area contributed by atoms with E-state index in [-0.39, 0.29) is 11.5 Å². The van der Waals surface area contributed by atoms with Crippen LogP contribution < -0.4 is 10.1 Å². The van der Waals surface area contributed by atoms with Crippen LogP contribution in [0.5, 0.6) is 5.88 Å². The SMILES string of the molecule is Cc1nn(C)c(OCC(F)(F)F)c1CN[C@@H]1CCO[C@@]2(CCSC2)C1. The summed E-state index contributed by atoms with van der Waals surface area (Å²) >= 11 is 1.92. The average Bonchev–Trinajstić information content (AvgIpc) is 3.07. The Bertz CT molecular complexity index is 600. The van der Waals surface area contributed by atoms with Gasteiger partial charge in [-0.25, -0.2) is 4.68 Å². The topological polar surface area (TPSA) is 48.3 Å². The maximum absolute atomic E-state index is 12.5. The standard InChI is InChI=1S/C16H24F3N3O2S/c1-11-13(14(22(2)21-11)23-9-16(17,18)19)8-20-12-3-5-24-15(7-12)4-6-25-10-15/h12,20H,3-10H2,1-2H3/t12-,15+/m1/s1. The van der Waals surface area contributed by atoms with E-state index in [1.165, 1.54) is 4.68 Å². The molecule has 1 aromatic heterocycles. The number of ether oxygens (including phenoxy) is 2. The predicted octanol–water partition coefficient (Wildman–Crippen LogP) is 2.81. The first-order valence-corrected chi connectivity index (χ1v) is 9.61. The third-order valence-electron chi connectivity index (χ3n) is 4.79. The molecule has 5 nitrogen and oxygen atoms in total. The quantitative estimate of drug-likeness (QED) is 0.853. The molecule has 3 rings (SSSR count). The van der Waals surface area contributed by atoms with Crippen molar-refractivity contribution in [3.05, 3.63) is 11.3 Å². The number of halogens is 3. The highest BCUT2D eigenvalue weighted by Gasteiger charge is 2.40. The smallest absolute Gasteiger partial charge is 0.422 e. The van der Waals surface area contributed by atoms with Crippen molar-refractivity contribution in [3.8, 4) is 5.88 Å². The lowest BCUT2D eigenvalue weighted by molar-refractivity contribution is -0.154. The Morgan fingerprint density at radius 1 is 1.48 bits per heavy atom. The van der Waals surface area contributed by atoms with Gasteiger partial charge in [0.05, 0.1) is 16.9 Å². The molecule has 2 aliphatic rings. The Hall–Kier alpha value is -0.930. The van der Waals surface area contributed by atoms with Gasteiger partial charge in [-0.1, -0.05) is 0 Å². The van der Waals surface area contributed by atoms with Crippen molar-refractivity contribution in [2.45, 2.75) is 50.6 Å². The first kappa shape index (κ1) is 18.8. The number of hydrogen-bond donors (Lipinski definition) is 1. The van der Waals surface area contributed by atoms with Gasteiger partial charge in [-0.3, -0.25) is 0 Å². The lowest BCUT2D eigenvalue weighted by atomic mass is 9.90. The van der Waals surface area contributed by atoms with Crippen LogP contribution in [-0.2, 0) is 18.3 Å². The minimum atomic E-state index is -4.36. The predicted molar refractivity (Wildman–Crippen MR) is 90.0 cm³/mol. The van der Waals surface area contributed by atoms with E-state index in [0.29, 0.717) is 23.8 Å². The van der Waals surface area contributed by atoms with Gasteiger partial charge in [0.1, 0.15) is 0 Å². The Balaban J connectivity index is 1.62. The third-order valence-corrected chi connectivity index (χ3v) is 6.01. The maximum atomic E-state index is 12.5. The zero-order valence-corrected chi connectivity index (χ0v) is 15.3. The Morgan fingerprint density at radius 2 is 2.28 bits per heavy atom. The highest BCUT2D eigenvalue weighted by molar-refractivity contribution is 7.99. The summed E-state index contributed by atoms with van der Waals surface area (Å²) in [6.45, 7) is 1.65. The number of rotatable bonds is 5. The number of aryl methyl sites for hydroxylation is 2. The molecule has 3 heterocycles. The fraction of sp³-hybridized carbons (Fsp3) is 0.812. The second kappa shape index (κ2) is 7.36. The van der Waals surface area contributed by atoms with E-state index >= 15 is 0 Å². The zero-order valence-electron chi connectivity index (χ0n) is 14.5. The number of hydrogen-bond acceptors (Lipinski definition) is 5. The van der Waals surface area contributed by atoms with Gasteiger partial charge >= 0.3 is 6.18 Å². The fourth-order valence-corrected chi connectivity index (χ4v) is 4.91. The Labute approximate surface area is 149 Å². The van der Waals surface area contributed by atoms with Crippen LogP contribution in [0.15, 0.2) is 0 Å². The Kier molecular flexibility index (Phi) is 5.55. The molecule has 0 unspecified atom stereocenters. The molecule has 0 amide bonds. The van der Waals surface area contributed by atoms with Gasteiger partial charge in [0.2, 0.25) is 5.88 Å². The Morgan fingerprint density at radius 3 is 2.96 bits per heavy atom. The van der Waals surface area contributed by atoms with Gasteiger partial charge in [0, 0.05) is 32.0 Å². The average molecular weight is 379 g/mol. The number of aromatic nitrogens is 2.